The molecule has 0 atom stereocenters. The first-order valence-corrected chi connectivity index (χ1v) is 13.1. The molecule has 0 amide bonds. The summed E-state index contributed by atoms with van der Waals surface area (Å²) in [6.07, 6.45) is 0. The Bertz CT molecular complexity index is 174. The molecule has 1 aromatic rings. The molecular formula is C6H5Br2I. The van der Waals surface area contributed by atoms with E-state index in [1.165, 1.54) is 3.57 Å². The Labute approximate surface area is 73.9 Å². The van der Waals surface area contributed by atoms with E-state index in [1.807, 2.05) is 6.07 Å². The van der Waals surface area contributed by atoms with Crippen LogP contribution in [-0.2, 0) is 0 Å². The minimum absolute atomic E-state index is 1.06. The molecule has 0 saturated carbocycles. The Morgan fingerprint density at radius 3 is 1.89 bits per heavy atom. The quantitative estimate of drug-likeness (QED) is 0.662. The predicted octanol–water partition coefficient (Wildman–Crippen LogP) is 3.98. The molecular weight excluding hydrogens is 359 g/mol. The van der Waals surface area contributed by atoms with Gasteiger partial charge >= 0.3 is 74.7 Å². The standard InChI is InChI=1S/C6H5Br2I/c7-9(8)6-4-2-1-3-5-6/h1-5H. The Balaban J connectivity index is 2.85. The molecule has 0 nitrogen and oxygen atoms in total. The number of hydrogen-bond donors (Lipinski definition) is 0. The van der Waals surface area contributed by atoms with Gasteiger partial charge < -0.3 is 0 Å². The average molecular weight is 364 g/mol. The van der Waals surface area contributed by atoms with Gasteiger partial charge in [-0.1, -0.05) is 0 Å². The molecule has 9 heavy (non-hydrogen) atoms. The van der Waals surface area contributed by atoms with Crippen LogP contribution in [0.5, 0.6) is 0 Å². The van der Waals surface area contributed by atoms with Gasteiger partial charge in [0.05, 0.1) is 0 Å². The molecule has 0 aromatic heterocycles. The van der Waals surface area contributed by atoms with Crippen molar-refractivity contribution in [2.75, 3.05) is 0 Å². The van der Waals surface area contributed by atoms with Crippen molar-refractivity contribution < 1.29 is 0 Å². The van der Waals surface area contributed by atoms with Gasteiger partial charge in [0.2, 0.25) is 0 Å². The van der Waals surface area contributed by atoms with Crippen LogP contribution in [0.1, 0.15) is 0 Å². The fraction of sp³-hybridized carbons (Fsp3) is 0. The van der Waals surface area contributed by atoms with E-state index in [-0.39, 0.29) is 0 Å². The van der Waals surface area contributed by atoms with Crippen molar-refractivity contribution in [1.82, 2.24) is 0 Å². The van der Waals surface area contributed by atoms with E-state index >= 15 is 0 Å². The summed E-state index contributed by atoms with van der Waals surface area (Å²) in [6.45, 7) is 0. The summed E-state index contributed by atoms with van der Waals surface area (Å²) >= 11 is 6.06. The normalized spacial score (nSPS) is 11.1. The van der Waals surface area contributed by atoms with Crippen molar-refractivity contribution in [3.05, 3.63) is 33.9 Å². The molecule has 0 aliphatic heterocycles. The second-order valence-corrected chi connectivity index (χ2v) is 17.3. The second kappa shape index (κ2) is 3.93. The maximum atomic E-state index is 3.56. The molecule has 0 N–H and O–H groups in total. The van der Waals surface area contributed by atoms with Gasteiger partial charge in [0, 0.05) is 0 Å². The van der Waals surface area contributed by atoms with Crippen LogP contribution < -0.4 is 0 Å². The summed E-state index contributed by atoms with van der Waals surface area (Å²) < 4.78 is 1.40. The zero-order valence-corrected chi connectivity index (χ0v) is 9.85. The molecule has 0 saturated heterocycles. The number of benzene rings is 1. The van der Waals surface area contributed by atoms with Crippen LogP contribution in [0, 0.1) is 3.57 Å². The van der Waals surface area contributed by atoms with E-state index < -0.39 is 15.4 Å². The maximum absolute atomic E-state index is 3.56. The van der Waals surface area contributed by atoms with Crippen molar-refractivity contribution in [2.24, 2.45) is 0 Å². The van der Waals surface area contributed by atoms with E-state index in [0.717, 1.165) is 0 Å². The zero-order valence-electron chi connectivity index (χ0n) is 4.52. The van der Waals surface area contributed by atoms with E-state index in [0.29, 0.717) is 0 Å². The van der Waals surface area contributed by atoms with Crippen LogP contribution >= 0.6 is 40.7 Å². The summed E-state index contributed by atoms with van der Waals surface area (Å²) in [5.41, 5.74) is 0. The summed E-state index contributed by atoms with van der Waals surface area (Å²) in [7, 11) is 0. The molecule has 1 rings (SSSR count). The van der Waals surface area contributed by atoms with Gasteiger partial charge in [-0.25, -0.2) is 0 Å². The summed E-state index contributed by atoms with van der Waals surface area (Å²) in [5.74, 6) is 0. The average Bonchev–Trinajstić information content (AvgIpc) is 1.90. The van der Waals surface area contributed by atoms with Crippen LogP contribution in [0.3, 0.4) is 0 Å². The van der Waals surface area contributed by atoms with Gasteiger partial charge in [0.15, 0.2) is 0 Å². The topological polar surface area (TPSA) is 0 Å². The summed E-state index contributed by atoms with van der Waals surface area (Å²) in [5, 5.41) is 0. The molecule has 50 valence electrons. The van der Waals surface area contributed by atoms with Crippen molar-refractivity contribution >= 4 is 40.7 Å². The van der Waals surface area contributed by atoms with Crippen LogP contribution in [0.4, 0.5) is 0 Å². The molecule has 0 fully saturated rings. The van der Waals surface area contributed by atoms with Gasteiger partial charge in [-0.05, 0) is 0 Å². The Kier molecular flexibility index (Phi) is 3.50. The SMILES string of the molecule is BrI(Br)c1ccccc1. The summed E-state index contributed by atoms with van der Waals surface area (Å²) in [4.78, 5) is 0. The number of hydrogen-bond acceptors (Lipinski definition) is 0. The van der Waals surface area contributed by atoms with E-state index in [4.69, 9.17) is 0 Å². The van der Waals surface area contributed by atoms with Gasteiger partial charge in [0.1, 0.15) is 0 Å². The van der Waals surface area contributed by atoms with Gasteiger partial charge in [-0.15, -0.1) is 0 Å². The zero-order chi connectivity index (χ0) is 6.69. The fourth-order valence-corrected chi connectivity index (χ4v) is 4.15. The van der Waals surface area contributed by atoms with Crippen molar-refractivity contribution in [3.8, 4) is 0 Å². The Hall–Kier alpha value is 0.910. The van der Waals surface area contributed by atoms with Gasteiger partial charge in [-0.2, -0.15) is 0 Å². The van der Waals surface area contributed by atoms with Crippen molar-refractivity contribution in [1.29, 1.82) is 0 Å². The summed E-state index contributed by atoms with van der Waals surface area (Å²) in [6, 6.07) is 10.4. The first-order chi connectivity index (χ1) is 4.30. The molecule has 0 radical (unpaired) electrons. The van der Waals surface area contributed by atoms with Crippen molar-refractivity contribution in [2.45, 2.75) is 0 Å². The van der Waals surface area contributed by atoms with Crippen LogP contribution in [-0.4, -0.2) is 0 Å². The Morgan fingerprint density at radius 1 is 1.00 bits per heavy atom. The molecule has 3 heteroatoms. The van der Waals surface area contributed by atoms with Crippen molar-refractivity contribution in [3.63, 3.8) is 0 Å². The van der Waals surface area contributed by atoms with E-state index in [9.17, 15) is 0 Å². The Morgan fingerprint density at radius 2 is 1.56 bits per heavy atom. The molecule has 0 aliphatic rings. The van der Waals surface area contributed by atoms with E-state index in [1.54, 1.807) is 0 Å². The van der Waals surface area contributed by atoms with Gasteiger partial charge in [0.25, 0.3) is 0 Å². The van der Waals surface area contributed by atoms with E-state index in [2.05, 4.69) is 49.6 Å². The first kappa shape index (κ1) is 8.01. The third-order valence-corrected chi connectivity index (χ3v) is 7.20. The second-order valence-electron chi connectivity index (χ2n) is 1.49. The third kappa shape index (κ3) is 2.55. The first-order valence-electron chi connectivity index (χ1n) is 2.39. The predicted molar refractivity (Wildman–Crippen MR) is 57.0 cm³/mol. The number of rotatable bonds is 1. The van der Waals surface area contributed by atoms with Crippen LogP contribution in [0.15, 0.2) is 30.3 Å². The van der Waals surface area contributed by atoms with Crippen LogP contribution in [0.2, 0.25) is 0 Å². The molecule has 1 aromatic carbocycles. The monoisotopic (exact) mass is 362 g/mol. The van der Waals surface area contributed by atoms with Gasteiger partial charge in [-0.3, -0.25) is 0 Å². The molecule has 0 unspecified atom stereocenters. The minimum atomic E-state index is -1.06. The third-order valence-electron chi connectivity index (χ3n) is 0.898. The molecule has 0 aliphatic carbocycles. The van der Waals surface area contributed by atoms with Crippen LogP contribution in [0.25, 0.3) is 0 Å². The molecule has 0 bridgehead atoms. The number of halogens is 3. The molecule has 0 spiro atoms. The molecule has 0 heterocycles. The fourth-order valence-electron chi connectivity index (χ4n) is 0.510.